The summed E-state index contributed by atoms with van der Waals surface area (Å²) >= 11 is 5.20. The monoisotopic (exact) mass is 399 g/mol. The van der Waals surface area contributed by atoms with Crippen LogP contribution in [0.2, 0.25) is 0 Å². The zero-order valence-electron chi connectivity index (χ0n) is 15.6. The topological polar surface area (TPSA) is 84.8 Å². The van der Waals surface area contributed by atoms with E-state index in [2.05, 4.69) is 16.2 Å². The lowest BCUT2D eigenvalue weighted by Gasteiger charge is -2.11. The van der Waals surface area contributed by atoms with E-state index in [0.717, 1.165) is 16.7 Å². The van der Waals surface area contributed by atoms with Crippen molar-refractivity contribution in [1.29, 1.82) is 0 Å². The number of hydrazine groups is 1. The molecule has 0 radical (unpaired) electrons. The van der Waals surface area contributed by atoms with Crippen molar-refractivity contribution < 1.29 is 18.7 Å². The summed E-state index contributed by atoms with van der Waals surface area (Å²) < 4.78 is 16.0. The van der Waals surface area contributed by atoms with Crippen molar-refractivity contribution in [3.8, 4) is 5.75 Å². The molecule has 146 valence electrons. The number of nitrogens with one attached hydrogen (secondary N) is 3. The first-order valence-corrected chi connectivity index (χ1v) is 8.99. The number of carbonyl (C=O) groups excluding carboxylic acids is 1. The predicted molar refractivity (Wildman–Crippen MR) is 110 cm³/mol. The second-order valence-electron chi connectivity index (χ2n) is 5.95. The number of benzene rings is 2. The van der Waals surface area contributed by atoms with Gasteiger partial charge in [0.05, 0.1) is 13.7 Å². The van der Waals surface area contributed by atoms with Gasteiger partial charge in [0.1, 0.15) is 11.3 Å². The summed E-state index contributed by atoms with van der Waals surface area (Å²) in [6.45, 7) is 0.769. The minimum atomic E-state index is -0.433. The standard InChI is InChI=1S/C20H21N3O4S/c1-25-12-16-15-5-3-4-6-17(15)27-18(16)19(24)22-23-20(28)21-11-13-7-9-14(26-2)10-8-13/h3-10H,11-12H2,1-2H3,(H,22,24)(H2,21,23,28). The molecule has 2 aromatic carbocycles. The zero-order chi connectivity index (χ0) is 19.9. The van der Waals surface area contributed by atoms with Crippen molar-refractivity contribution in [3.63, 3.8) is 0 Å². The molecule has 1 amide bonds. The van der Waals surface area contributed by atoms with Gasteiger partial charge in [-0.2, -0.15) is 0 Å². The van der Waals surface area contributed by atoms with Crippen LogP contribution in [-0.4, -0.2) is 25.2 Å². The van der Waals surface area contributed by atoms with Crippen LogP contribution in [0.25, 0.3) is 11.0 Å². The number of para-hydroxylation sites is 1. The molecule has 0 aliphatic rings. The number of hydrogen-bond donors (Lipinski definition) is 3. The molecule has 1 aromatic heterocycles. The van der Waals surface area contributed by atoms with E-state index in [9.17, 15) is 4.79 Å². The molecule has 7 nitrogen and oxygen atoms in total. The zero-order valence-corrected chi connectivity index (χ0v) is 16.4. The number of amides is 1. The summed E-state index contributed by atoms with van der Waals surface area (Å²) in [7, 11) is 3.19. The van der Waals surface area contributed by atoms with Crippen LogP contribution < -0.4 is 20.9 Å². The Kier molecular flexibility index (Phi) is 6.46. The van der Waals surface area contributed by atoms with E-state index in [-0.39, 0.29) is 17.5 Å². The molecule has 0 spiro atoms. The van der Waals surface area contributed by atoms with E-state index in [4.69, 9.17) is 26.1 Å². The van der Waals surface area contributed by atoms with Crippen LogP contribution in [0.5, 0.6) is 5.75 Å². The molecular weight excluding hydrogens is 378 g/mol. The molecule has 3 rings (SSSR count). The quantitative estimate of drug-likeness (QED) is 0.434. The normalized spacial score (nSPS) is 10.5. The van der Waals surface area contributed by atoms with Gasteiger partial charge in [-0.15, -0.1) is 0 Å². The average molecular weight is 399 g/mol. The molecule has 0 aliphatic carbocycles. The van der Waals surface area contributed by atoms with Gasteiger partial charge >= 0.3 is 5.91 Å². The van der Waals surface area contributed by atoms with Gasteiger partial charge in [0, 0.05) is 24.6 Å². The molecular formula is C20H21N3O4S. The van der Waals surface area contributed by atoms with Gasteiger partial charge in [0.25, 0.3) is 0 Å². The molecule has 0 saturated heterocycles. The van der Waals surface area contributed by atoms with Crippen LogP contribution in [0.4, 0.5) is 0 Å². The minimum Gasteiger partial charge on any atom is -0.497 e. The highest BCUT2D eigenvalue weighted by molar-refractivity contribution is 7.80. The largest absolute Gasteiger partial charge is 0.497 e. The maximum Gasteiger partial charge on any atom is 0.305 e. The maximum absolute atomic E-state index is 12.5. The summed E-state index contributed by atoms with van der Waals surface area (Å²) in [5.74, 6) is 0.541. The Labute approximate surface area is 168 Å². The second kappa shape index (κ2) is 9.20. The predicted octanol–water partition coefficient (Wildman–Crippen LogP) is 2.90. The molecule has 28 heavy (non-hydrogen) atoms. The molecule has 3 aromatic rings. The summed E-state index contributed by atoms with van der Waals surface area (Å²) in [4.78, 5) is 12.5. The van der Waals surface area contributed by atoms with Gasteiger partial charge < -0.3 is 19.2 Å². The Morgan fingerprint density at radius 1 is 1.07 bits per heavy atom. The Morgan fingerprint density at radius 3 is 2.54 bits per heavy atom. The first-order valence-electron chi connectivity index (χ1n) is 8.59. The summed E-state index contributed by atoms with van der Waals surface area (Å²) in [5.41, 5.74) is 7.57. The minimum absolute atomic E-state index is 0.188. The fourth-order valence-electron chi connectivity index (χ4n) is 2.71. The molecule has 0 saturated carbocycles. The third kappa shape index (κ3) is 4.59. The Morgan fingerprint density at radius 2 is 1.82 bits per heavy atom. The van der Waals surface area contributed by atoms with Crippen molar-refractivity contribution in [2.75, 3.05) is 14.2 Å². The van der Waals surface area contributed by atoms with Gasteiger partial charge in [-0.3, -0.25) is 15.6 Å². The highest BCUT2D eigenvalue weighted by Crippen LogP contribution is 2.26. The van der Waals surface area contributed by atoms with E-state index in [0.29, 0.717) is 17.7 Å². The van der Waals surface area contributed by atoms with Crippen molar-refractivity contribution in [3.05, 3.63) is 65.4 Å². The van der Waals surface area contributed by atoms with Gasteiger partial charge in [0.15, 0.2) is 10.9 Å². The van der Waals surface area contributed by atoms with Crippen LogP contribution >= 0.6 is 12.2 Å². The van der Waals surface area contributed by atoms with Crippen LogP contribution in [-0.2, 0) is 17.9 Å². The van der Waals surface area contributed by atoms with E-state index in [1.54, 1.807) is 20.3 Å². The SMILES string of the molecule is COCc1c(C(=O)NNC(=S)NCc2ccc(OC)cc2)oc2ccccc12. The molecule has 0 fully saturated rings. The van der Waals surface area contributed by atoms with Crippen LogP contribution in [0.1, 0.15) is 21.7 Å². The van der Waals surface area contributed by atoms with Crippen molar-refractivity contribution in [2.45, 2.75) is 13.2 Å². The van der Waals surface area contributed by atoms with Crippen molar-refractivity contribution >= 4 is 34.2 Å². The molecule has 8 heteroatoms. The Hall–Kier alpha value is -3.10. The lowest BCUT2D eigenvalue weighted by molar-refractivity contribution is 0.0911. The van der Waals surface area contributed by atoms with E-state index in [1.165, 1.54) is 0 Å². The summed E-state index contributed by atoms with van der Waals surface area (Å²) in [6, 6.07) is 15.0. The van der Waals surface area contributed by atoms with Crippen molar-refractivity contribution in [1.82, 2.24) is 16.2 Å². The number of furan rings is 1. The first kappa shape index (κ1) is 19.7. The van der Waals surface area contributed by atoms with Gasteiger partial charge in [-0.05, 0) is 36.0 Å². The van der Waals surface area contributed by atoms with Crippen molar-refractivity contribution in [2.24, 2.45) is 0 Å². The summed E-state index contributed by atoms with van der Waals surface area (Å²) in [6.07, 6.45) is 0. The van der Waals surface area contributed by atoms with Crippen LogP contribution in [0.15, 0.2) is 52.9 Å². The number of methoxy groups -OCH3 is 2. The lowest BCUT2D eigenvalue weighted by atomic mass is 10.1. The highest BCUT2D eigenvalue weighted by Gasteiger charge is 2.20. The van der Waals surface area contributed by atoms with Gasteiger partial charge in [0.2, 0.25) is 0 Å². The van der Waals surface area contributed by atoms with Gasteiger partial charge in [-0.1, -0.05) is 30.3 Å². The number of hydrogen-bond acceptors (Lipinski definition) is 5. The first-order chi connectivity index (χ1) is 13.6. The molecule has 3 N–H and O–H groups in total. The maximum atomic E-state index is 12.5. The Bertz CT molecular complexity index is 969. The number of ether oxygens (including phenoxy) is 2. The average Bonchev–Trinajstić information content (AvgIpc) is 3.10. The third-order valence-corrected chi connectivity index (χ3v) is 4.34. The molecule has 1 heterocycles. The number of thiocarbonyl (C=S) groups is 1. The fraction of sp³-hybridized carbons (Fsp3) is 0.200. The summed E-state index contributed by atoms with van der Waals surface area (Å²) in [5, 5.41) is 4.15. The molecule has 0 unspecified atom stereocenters. The smallest absolute Gasteiger partial charge is 0.305 e. The molecule has 0 aliphatic heterocycles. The highest BCUT2D eigenvalue weighted by atomic mass is 32.1. The number of fused-ring (bicyclic) bond motifs is 1. The second-order valence-corrected chi connectivity index (χ2v) is 6.36. The van der Waals surface area contributed by atoms with E-state index in [1.807, 2.05) is 42.5 Å². The van der Waals surface area contributed by atoms with Crippen LogP contribution in [0.3, 0.4) is 0 Å². The lowest BCUT2D eigenvalue weighted by Crippen LogP contribution is -2.46. The number of carbonyl (C=O) groups is 1. The third-order valence-electron chi connectivity index (χ3n) is 4.09. The molecule has 0 bridgehead atoms. The van der Waals surface area contributed by atoms with E-state index >= 15 is 0 Å². The fourth-order valence-corrected chi connectivity index (χ4v) is 2.83. The van der Waals surface area contributed by atoms with E-state index < -0.39 is 5.91 Å². The van der Waals surface area contributed by atoms with Gasteiger partial charge in [-0.25, -0.2) is 0 Å². The Balaban J connectivity index is 1.58. The van der Waals surface area contributed by atoms with Crippen LogP contribution in [0, 0.1) is 0 Å². The molecule has 0 atom stereocenters. The number of rotatable bonds is 6.